The summed E-state index contributed by atoms with van der Waals surface area (Å²) in [6.45, 7) is 3.37. The van der Waals surface area contributed by atoms with Crippen molar-refractivity contribution in [1.82, 2.24) is 5.32 Å². The highest BCUT2D eigenvalue weighted by Crippen LogP contribution is 2.09. The number of rotatable bonds is 3. The van der Waals surface area contributed by atoms with E-state index in [1.807, 2.05) is 31.2 Å². The summed E-state index contributed by atoms with van der Waals surface area (Å²) < 4.78 is 0. The summed E-state index contributed by atoms with van der Waals surface area (Å²) in [4.78, 5) is 0. The van der Waals surface area contributed by atoms with Crippen LogP contribution in [0.3, 0.4) is 0 Å². The maximum absolute atomic E-state index is 5.83. The molecule has 1 aromatic carbocycles. The minimum atomic E-state index is 0.725. The maximum Gasteiger partial charge on any atom is 0.0578 e. The summed E-state index contributed by atoms with van der Waals surface area (Å²) in [6, 6.07) is 7.81. The smallest absolute Gasteiger partial charge is 0.0578 e. The molecule has 68 valence electrons. The number of hydrogen-bond acceptors (Lipinski definition) is 1. The monoisotopic (exact) mass is 193 g/mol. The second-order valence-corrected chi connectivity index (χ2v) is 3.10. The Hall–Kier alpha value is -0.970. The Morgan fingerprint density at radius 3 is 3.00 bits per heavy atom. The van der Waals surface area contributed by atoms with Crippen LogP contribution in [0.2, 0.25) is 5.02 Å². The maximum atomic E-state index is 5.83. The minimum Gasteiger partial charge on any atom is -0.302 e. The fourth-order valence-electron chi connectivity index (χ4n) is 1.00. The molecule has 0 unspecified atom stereocenters. The first-order chi connectivity index (χ1) is 6.33. The minimum absolute atomic E-state index is 0.725. The Bertz CT molecular complexity index is 322. The molecule has 0 amide bonds. The predicted octanol–water partition coefficient (Wildman–Crippen LogP) is 2.45. The predicted molar refractivity (Wildman–Crippen MR) is 56.6 cm³/mol. The van der Waals surface area contributed by atoms with E-state index in [4.69, 9.17) is 11.6 Å². The zero-order valence-electron chi connectivity index (χ0n) is 7.60. The van der Waals surface area contributed by atoms with Gasteiger partial charge in [-0.25, -0.2) is 0 Å². The van der Waals surface area contributed by atoms with E-state index in [1.165, 1.54) is 5.56 Å². The van der Waals surface area contributed by atoms with Crippen LogP contribution in [-0.4, -0.2) is 6.54 Å². The van der Waals surface area contributed by atoms with Crippen LogP contribution in [-0.2, 0) is 6.54 Å². The van der Waals surface area contributed by atoms with Gasteiger partial charge >= 0.3 is 0 Å². The highest BCUT2D eigenvalue weighted by molar-refractivity contribution is 6.30. The molecule has 0 aromatic heterocycles. The molecule has 0 spiro atoms. The van der Waals surface area contributed by atoms with Crippen molar-refractivity contribution in [1.29, 1.82) is 0 Å². The van der Waals surface area contributed by atoms with Gasteiger partial charge in [-0.05, 0) is 24.6 Å². The second-order valence-electron chi connectivity index (χ2n) is 2.66. The molecule has 0 radical (unpaired) electrons. The van der Waals surface area contributed by atoms with Crippen LogP contribution in [0.4, 0.5) is 0 Å². The van der Waals surface area contributed by atoms with Crippen LogP contribution in [0, 0.1) is 11.8 Å². The van der Waals surface area contributed by atoms with Crippen LogP contribution in [0.15, 0.2) is 24.3 Å². The van der Waals surface area contributed by atoms with Gasteiger partial charge in [-0.3, -0.25) is 0 Å². The number of halogens is 1. The van der Waals surface area contributed by atoms with Crippen molar-refractivity contribution in [3.05, 3.63) is 34.9 Å². The van der Waals surface area contributed by atoms with E-state index in [0.717, 1.165) is 18.1 Å². The van der Waals surface area contributed by atoms with Gasteiger partial charge in [0.2, 0.25) is 0 Å². The van der Waals surface area contributed by atoms with Crippen LogP contribution in [0.1, 0.15) is 12.5 Å². The van der Waals surface area contributed by atoms with E-state index in [9.17, 15) is 0 Å². The quantitative estimate of drug-likeness (QED) is 0.575. The normalized spacial score (nSPS) is 9.08. The molecule has 0 fully saturated rings. The Morgan fingerprint density at radius 1 is 1.46 bits per heavy atom. The topological polar surface area (TPSA) is 12.0 Å². The SMILES string of the molecule is CC#CCNCc1cccc(Cl)c1. The fraction of sp³-hybridized carbons (Fsp3) is 0.273. The van der Waals surface area contributed by atoms with E-state index >= 15 is 0 Å². The molecular weight excluding hydrogens is 182 g/mol. The lowest BCUT2D eigenvalue weighted by atomic mass is 10.2. The lowest BCUT2D eigenvalue weighted by molar-refractivity contribution is 0.770. The van der Waals surface area contributed by atoms with Gasteiger partial charge < -0.3 is 5.32 Å². The largest absolute Gasteiger partial charge is 0.302 e. The molecule has 1 nitrogen and oxygen atoms in total. The standard InChI is InChI=1S/C11H12ClN/c1-2-3-7-13-9-10-5-4-6-11(12)8-10/h4-6,8,13H,7,9H2,1H3. The summed E-state index contributed by atoms with van der Waals surface area (Å²) in [5.41, 5.74) is 1.19. The highest BCUT2D eigenvalue weighted by atomic mass is 35.5. The van der Waals surface area contributed by atoms with Crippen molar-refractivity contribution < 1.29 is 0 Å². The molecule has 0 bridgehead atoms. The van der Waals surface area contributed by atoms with Crippen LogP contribution in [0.25, 0.3) is 0 Å². The highest BCUT2D eigenvalue weighted by Gasteiger charge is 1.91. The lowest BCUT2D eigenvalue weighted by Gasteiger charge is -2.00. The summed E-state index contributed by atoms with van der Waals surface area (Å²) in [6.07, 6.45) is 0. The molecule has 1 aromatic rings. The molecule has 0 aliphatic heterocycles. The molecule has 0 saturated carbocycles. The van der Waals surface area contributed by atoms with Gasteiger partial charge in [0.25, 0.3) is 0 Å². The molecular formula is C11H12ClN. The molecule has 0 heterocycles. The van der Waals surface area contributed by atoms with Crippen molar-refractivity contribution in [2.75, 3.05) is 6.54 Å². The van der Waals surface area contributed by atoms with E-state index in [1.54, 1.807) is 0 Å². The van der Waals surface area contributed by atoms with Crippen LogP contribution < -0.4 is 5.32 Å². The van der Waals surface area contributed by atoms with Gasteiger partial charge in [0.1, 0.15) is 0 Å². The van der Waals surface area contributed by atoms with Gasteiger partial charge in [-0.15, -0.1) is 5.92 Å². The number of nitrogens with one attached hydrogen (secondary N) is 1. The molecule has 0 atom stereocenters. The molecule has 13 heavy (non-hydrogen) atoms. The van der Waals surface area contributed by atoms with Gasteiger partial charge in [-0.1, -0.05) is 29.7 Å². The zero-order valence-corrected chi connectivity index (χ0v) is 8.36. The summed E-state index contributed by atoms with van der Waals surface area (Å²) in [5, 5.41) is 3.98. The van der Waals surface area contributed by atoms with E-state index in [2.05, 4.69) is 17.2 Å². The Labute approximate surface area is 84.1 Å². The molecule has 0 aliphatic rings. The lowest BCUT2D eigenvalue weighted by Crippen LogP contribution is -2.12. The molecule has 1 rings (SSSR count). The zero-order chi connectivity index (χ0) is 9.52. The first-order valence-corrected chi connectivity index (χ1v) is 4.55. The first kappa shape index (κ1) is 10.1. The third-order valence-electron chi connectivity index (χ3n) is 1.61. The summed E-state index contributed by atoms with van der Waals surface area (Å²) in [7, 11) is 0. The first-order valence-electron chi connectivity index (χ1n) is 4.17. The van der Waals surface area contributed by atoms with Crippen molar-refractivity contribution >= 4 is 11.6 Å². The van der Waals surface area contributed by atoms with Crippen LogP contribution in [0.5, 0.6) is 0 Å². The summed E-state index contributed by atoms with van der Waals surface area (Å²) >= 11 is 5.83. The molecule has 2 heteroatoms. The van der Waals surface area contributed by atoms with Crippen molar-refractivity contribution in [2.24, 2.45) is 0 Å². The van der Waals surface area contributed by atoms with Crippen molar-refractivity contribution in [3.63, 3.8) is 0 Å². The van der Waals surface area contributed by atoms with E-state index < -0.39 is 0 Å². The van der Waals surface area contributed by atoms with Gasteiger partial charge in [0, 0.05) is 11.6 Å². The van der Waals surface area contributed by atoms with Gasteiger partial charge in [-0.2, -0.15) is 0 Å². The van der Waals surface area contributed by atoms with E-state index in [-0.39, 0.29) is 0 Å². The van der Waals surface area contributed by atoms with Crippen molar-refractivity contribution in [3.8, 4) is 11.8 Å². The Morgan fingerprint density at radius 2 is 2.31 bits per heavy atom. The fourth-order valence-corrected chi connectivity index (χ4v) is 1.22. The number of hydrogen-bond donors (Lipinski definition) is 1. The van der Waals surface area contributed by atoms with Crippen molar-refractivity contribution in [2.45, 2.75) is 13.5 Å². The number of benzene rings is 1. The Kier molecular flexibility index (Phi) is 4.39. The van der Waals surface area contributed by atoms with Gasteiger partial charge in [0.05, 0.1) is 6.54 Å². The molecule has 1 N–H and O–H groups in total. The average molecular weight is 194 g/mol. The van der Waals surface area contributed by atoms with Crippen LogP contribution >= 0.6 is 11.6 Å². The van der Waals surface area contributed by atoms with Gasteiger partial charge in [0.15, 0.2) is 0 Å². The second kappa shape index (κ2) is 5.64. The molecule has 0 aliphatic carbocycles. The third kappa shape index (κ3) is 3.98. The third-order valence-corrected chi connectivity index (χ3v) is 1.84. The Balaban J connectivity index is 2.39. The van der Waals surface area contributed by atoms with E-state index in [0.29, 0.717) is 0 Å². The average Bonchev–Trinajstić information content (AvgIpc) is 2.13. The summed E-state index contributed by atoms with van der Waals surface area (Å²) in [5.74, 6) is 5.77. The molecule has 0 saturated heterocycles.